The lowest BCUT2D eigenvalue weighted by atomic mass is 10.1. The second kappa shape index (κ2) is 14.3. The third-order valence-electron chi connectivity index (χ3n) is 6.47. The van der Waals surface area contributed by atoms with Crippen LogP contribution in [-0.4, -0.2) is 27.5 Å². The number of hydrogen-bond acceptors (Lipinski definition) is 7. The van der Waals surface area contributed by atoms with E-state index in [0.717, 1.165) is 25.8 Å². The number of nitro benzene ring substituents is 1. The second-order valence-electron chi connectivity index (χ2n) is 9.55. The van der Waals surface area contributed by atoms with Gasteiger partial charge in [-0.1, -0.05) is 60.7 Å². The van der Waals surface area contributed by atoms with Gasteiger partial charge < -0.3 is 9.47 Å². The summed E-state index contributed by atoms with van der Waals surface area (Å²) in [5, 5.41) is 11.6. The van der Waals surface area contributed by atoms with Crippen molar-refractivity contribution in [1.29, 1.82) is 0 Å². The average molecular weight is 706 g/mol. The first-order valence-electron chi connectivity index (χ1n) is 13.6. The predicted octanol–water partition coefficient (Wildman–Crippen LogP) is 7.85. The van der Waals surface area contributed by atoms with E-state index in [1.165, 1.54) is 23.9 Å². The van der Waals surface area contributed by atoms with Gasteiger partial charge in [0, 0.05) is 12.1 Å². The topological polar surface area (TPSA) is 94.3 Å². The van der Waals surface area contributed by atoms with Crippen LogP contribution in [0.5, 0.6) is 11.5 Å². The lowest BCUT2D eigenvalue weighted by molar-refractivity contribution is -0.384. The van der Waals surface area contributed by atoms with E-state index >= 15 is 0 Å². The van der Waals surface area contributed by atoms with Gasteiger partial charge in [0.15, 0.2) is 16.7 Å². The molecule has 1 heterocycles. The molecule has 0 radical (unpaired) electrons. The lowest BCUT2D eigenvalue weighted by Crippen LogP contribution is -2.28. The predicted molar refractivity (Wildman–Crippen MR) is 178 cm³/mol. The van der Waals surface area contributed by atoms with Crippen molar-refractivity contribution in [3.8, 4) is 11.5 Å². The highest BCUT2D eigenvalue weighted by molar-refractivity contribution is 14.1. The summed E-state index contributed by atoms with van der Waals surface area (Å²) in [6.45, 7) is 3.44. The molecule has 5 rings (SSSR count). The number of nitro groups is 1. The van der Waals surface area contributed by atoms with Gasteiger partial charge in [-0.15, -0.1) is 0 Å². The van der Waals surface area contributed by atoms with E-state index in [1.54, 1.807) is 17.0 Å². The number of amides is 1. The molecular weight excluding hydrogens is 677 g/mol. The zero-order chi connectivity index (χ0) is 30.2. The van der Waals surface area contributed by atoms with Gasteiger partial charge >= 0.3 is 0 Å². The maximum atomic E-state index is 13.7. The molecule has 1 aliphatic rings. The van der Waals surface area contributed by atoms with Crippen LogP contribution in [0.4, 0.5) is 5.69 Å². The molecule has 1 amide bonds. The molecule has 1 saturated heterocycles. The SMILES string of the molecule is CCOc1cc(/C=C2\SC(=NCc3ccccc3)N(Cc3ccccc3)C2=O)cc(I)c1OCc1ccc([N+](=O)[O-])cc1. The average Bonchev–Trinajstić information content (AvgIpc) is 3.30. The Hall–Kier alpha value is -4.16. The highest BCUT2D eigenvalue weighted by Gasteiger charge is 2.33. The van der Waals surface area contributed by atoms with Gasteiger partial charge in [0.1, 0.15) is 6.61 Å². The minimum Gasteiger partial charge on any atom is -0.490 e. The Morgan fingerprint density at radius 2 is 1.60 bits per heavy atom. The number of thioether (sulfide) groups is 1. The van der Waals surface area contributed by atoms with Crippen LogP contribution in [-0.2, 0) is 24.5 Å². The molecule has 0 bridgehead atoms. The molecule has 4 aromatic rings. The Morgan fingerprint density at radius 3 is 2.26 bits per heavy atom. The van der Waals surface area contributed by atoms with Crippen LogP contribution in [0.3, 0.4) is 0 Å². The first-order valence-corrected chi connectivity index (χ1v) is 15.5. The van der Waals surface area contributed by atoms with Gasteiger partial charge in [-0.3, -0.25) is 24.8 Å². The molecule has 0 aliphatic carbocycles. The van der Waals surface area contributed by atoms with E-state index in [9.17, 15) is 14.9 Å². The standard InChI is InChI=1S/C33H28IN3O5S/c1-2-41-29-18-26(17-28(34)31(29)42-22-25-13-15-27(16-14-25)37(39)40)19-30-32(38)36(21-24-11-7-4-8-12-24)33(43-30)35-20-23-9-5-3-6-10-23/h3-19H,2,20-22H2,1H3/b30-19-,35-33?. The van der Waals surface area contributed by atoms with E-state index < -0.39 is 4.92 Å². The quantitative estimate of drug-likeness (QED) is 0.0683. The number of benzene rings is 4. The fraction of sp³-hybridized carbons (Fsp3) is 0.152. The summed E-state index contributed by atoms with van der Waals surface area (Å²) < 4.78 is 12.8. The Labute approximate surface area is 267 Å². The van der Waals surface area contributed by atoms with Gasteiger partial charge in [-0.2, -0.15) is 0 Å². The molecular formula is C33H28IN3O5S. The van der Waals surface area contributed by atoms with Gasteiger partial charge in [0.05, 0.1) is 33.1 Å². The Bertz CT molecular complexity index is 1660. The summed E-state index contributed by atoms with van der Waals surface area (Å²) in [5.74, 6) is 1.02. The van der Waals surface area contributed by atoms with Crippen molar-refractivity contribution in [1.82, 2.24) is 4.90 Å². The van der Waals surface area contributed by atoms with Crippen LogP contribution in [0.25, 0.3) is 6.08 Å². The highest BCUT2D eigenvalue weighted by atomic mass is 127. The third-order valence-corrected chi connectivity index (χ3v) is 8.32. The number of aliphatic imine (C=N–C) groups is 1. The molecule has 0 spiro atoms. The summed E-state index contributed by atoms with van der Waals surface area (Å²) in [6.07, 6.45) is 1.86. The summed E-state index contributed by atoms with van der Waals surface area (Å²) in [7, 11) is 0. The van der Waals surface area contributed by atoms with E-state index in [2.05, 4.69) is 22.6 Å². The zero-order valence-electron chi connectivity index (χ0n) is 23.3. The molecule has 0 unspecified atom stereocenters. The van der Waals surface area contributed by atoms with Crippen molar-refractivity contribution in [2.24, 2.45) is 4.99 Å². The van der Waals surface area contributed by atoms with Crippen molar-refractivity contribution in [3.05, 3.63) is 138 Å². The number of non-ortho nitro benzene ring substituents is 1. The molecule has 0 atom stereocenters. The first-order chi connectivity index (χ1) is 20.9. The highest BCUT2D eigenvalue weighted by Crippen LogP contribution is 2.38. The van der Waals surface area contributed by atoms with Crippen molar-refractivity contribution in [2.75, 3.05) is 6.61 Å². The minimum atomic E-state index is -0.430. The Balaban J connectivity index is 1.40. The van der Waals surface area contributed by atoms with Crippen molar-refractivity contribution in [3.63, 3.8) is 0 Å². The van der Waals surface area contributed by atoms with Crippen LogP contribution in [0.2, 0.25) is 0 Å². The molecule has 218 valence electrons. The summed E-state index contributed by atoms with van der Waals surface area (Å²) in [5.41, 5.74) is 3.72. The van der Waals surface area contributed by atoms with Gasteiger partial charge in [0.2, 0.25) is 0 Å². The number of carbonyl (C=O) groups excluding carboxylic acids is 1. The van der Waals surface area contributed by atoms with Crippen molar-refractivity contribution < 1.29 is 19.2 Å². The van der Waals surface area contributed by atoms with E-state index in [0.29, 0.717) is 41.3 Å². The van der Waals surface area contributed by atoms with Gasteiger partial charge in [0.25, 0.3) is 11.6 Å². The smallest absolute Gasteiger partial charge is 0.269 e. The molecule has 1 fully saturated rings. The molecule has 0 N–H and O–H groups in total. The molecule has 43 heavy (non-hydrogen) atoms. The minimum absolute atomic E-state index is 0.0284. The maximum absolute atomic E-state index is 13.7. The third kappa shape index (κ3) is 7.82. The lowest BCUT2D eigenvalue weighted by Gasteiger charge is -2.16. The molecule has 4 aromatic carbocycles. The zero-order valence-corrected chi connectivity index (χ0v) is 26.3. The maximum Gasteiger partial charge on any atom is 0.269 e. The van der Waals surface area contributed by atoms with Crippen LogP contribution in [0, 0.1) is 13.7 Å². The fourth-order valence-corrected chi connectivity index (χ4v) is 6.13. The van der Waals surface area contributed by atoms with Gasteiger partial charge in [-0.25, -0.2) is 0 Å². The summed E-state index contributed by atoms with van der Waals surface area (Å²) in [6, 6.07) is 29.9. The van der Waals surface area contributed by atoms with E-state index in [-0.39, 0.29) is 18.2 Å². The van der Waals surface area contributed by atoms with Crippen LogP contribution in [0.1, 0.15) is 29.2 Å². The Morgan fingerprint density at radius 1 is 0.930 bits per heavy atom. The molecule has 0 aromatic heterocycles. The van der Waals surface area contributed by atoms with Crippen LogP contribution in [0.15, 0.2) is 107 Å². The van der Waals surface area contributed by atoms with Crippen molar-refractivity contribution in [2.45, 2.75) is 26.6 Å². The van der Waals surface area contributed by atoms with Crippen LogP contribution < -0.4 is 9.47 Å². The van der Waals surface area contributed by atoms with E-state index in [4.69, 9.17) is 14.5 Å². The molecule has 0 saturated carbocycles. The molecule has 8 nitrogen and oxygen atoms in total. The number of hydrogen-bond donors (Lipinski definition) is 0. The number of carbonyl (C=O) groups is 1. The normalized spacial score (nSPS) is 14.8. The van der Waals surface area contributed by atoms with E-state index in [1.807, 2.05) is 85.8 Å². The Kier molecular flexibility index (Phi) is 10.1. The van der Waals surface area contributed by atoms with Crippen LogP contribution >= 0.6 is 34.4 Å². The number of rotatable bonds is 11. The van der Waals surface area contributed by atoms with Gasteiger partial charge in [-0.05, 0) is 93.9 Å². The number of halogens is 1. The molecule has 1 aliphatic heterocycles. The largest absolute Gasteiger partial charge is 0.490 e. The first kappa shape index (κ1) is 30.3. The summed E-state index contributed by atoms with van der Waals surface area (Å²) >= 11 is 3.56. The number of amidine groups is 1. The fourth-order valence-electron chi connectivity index (χ4n) is 4.37. The number of ether oxygens (including phenoxy) is 2. The van der Waals surface area contributed by atoms with Crippen molar-refractivity contribution >= 4 is 57.2 Å². The molecule has 10 heteroatoms. The second-order valence-corrected chi connectivity index (χ2v) is 11.7. The monoisotopic (exact) mass is 705 g/mol. The summed E-state index contributed by atoms with van der Waals surface area (Å²) in [4.78, 5) is 31.3. The number of nitrogens with zero attached hydrogens (tertiary/aromatic N) is 3.